The normalized spacial score (nSPS) is 16.6. The van der Waals surface area contributed by atoms with E-state index in [0.717, 1.165) is 18.7 Å². The lowest BCUT2D eigenvalue weighted by Gasteiger charge is -2.25. The average Bonchev–Trinajstić information content (AvgIpc) is 3.25. The molecular weight excluding hydrogens is 330 g/mol. The van der Waals surface area contributed by atoms with Gasteiger partial charge in [0, 0.05) is 36.4 Å². The van der Waals surface area contributed by atoms with Crippen molar-refractivity contribution in [3.05, 3.63) is 53.3 Å². The number of amides is 1. The number of rotatable bonds is 3. The van der Waals surface area contributed by atoms with Gasteiger partial charge in [0.2, 0.25) is 0 Å². The molecule has 1 atom stereocenters. The summed E-state index contributed by atoms with van der Waals surface area (Å²) in [5.74, 6) is 0.856. The highest BCUT2D eigenvalue weighted by Gasteiger charge is 2.22. The molecular formula is C15H14ClN7O. The third-order valence-corrected chi connectivity index (χ3v) is 4.30. The summed E-state index contributed by atoms with van der Waals surface area (Å²) in [5, 5.41) is 14.6. The first-order chi connectivity index (χ1) is 11.7. The van der Waals surface area contributed by atoms with E-state index >= 15 is 0 Å². The summed E-state index contributed by atoms with van der Waals surface area (Å²) in [7, 11) is 0. The molecule has 1 amide bonds. The lowest BCUT2D eigenvalue weighted by molar-refractivity contribution is 0.0927. The third-order valence-electron chi connectivity index (χ3n) is 4.07. The van der Waals surface area contributed by atoms with Gasteiger partial charge in [-0.25, -0.2) is 4.98 Å². The summed E-state index contributed by atoms with van der Waals surface area (Å²) < 4.78 is 3.51. The fourth-order valence-electron chi connectivity index (χ4n) is 2.91. The molecule has 0 saturated heterocycles. The molecule has 122 valence electrons. The Morgan fingerprint density at radius 2 is 2.29 bits per heavy atom. The van der Waals surface area contributed by atoms with Crippen LogP contribution in [0, 0.1) is 0 Å². The van der Waals surface area contributed by atoms with Crippen molar-refractivity contribution < 1.29 is 4.79 Å². The van der Waals surface area contributed by atoms with Gasteiger partial charge in [-0.3, -0.25) is 4.79 Å². The van der Waals surface area contributed by atoms with Gasteiger partial charge in [-0.2, -0.15) is 4.68 Å². The van der Waals surface area contributed by atoms with Gasteiger partial charge in [0.1, 0.15) is 12.2 Å². The number of halogens is 1. The van der Waals surface area contributed by atoms with Crippen molar-refractivity contribution >= 4 is 17.5 Å². The third kappa shape index (κ3) is 2.76. The van der Waals surface area contributed by atoms with Crippen LogP contribution >= 0.6 is 11.6 Å². The summed E-state index contributed by atoms with van der Waals surface area (Å²) >= 11 is 6.06. The van der Waals surface area contributed by atoms with Crippen LogP contribution in [0.3, 0.4) is 0 Å². The summed E-state index contributed by atoms with van der Waals surface area (Å²) in [6.07, 6.45) is 6.85. The van der Waals surface area contributed by atoms with E-state index in [2.05, 4.69) is 30.4 Å². The SMILES string of the molecule is O=C(NC1CCc2nccn2C1)c1cc(Cl)ccc1-n1cnnn1. The van der Waals surface area contributed by atoms with E-state index in [1.54, 1.807) is 24.4 Å². The topological polar surface area (TPSA) is 90.5 Å². The van der Waals surface area contributed by atoms with Gasteiger partial charge >= 0.3 is 0 Å². The van der Waals surface area contributed by atoms with Gasteiger partial charge in [0.15, 0.2) is 0 Å². The minimum Gasteiger partial charge on any atom is -0.347 e. The van der Waals surface area contributed by atoms with Crippen LogP contribution in [-0.2, 0) is 13.0 Å². The van der Waals surface area contributed by atoms with E-state index in [0.29, 0.717) is 22.8 Å². The first kappa shape index (κ1) is 14.8. The number of carbonyl (C=O) groups is 1. The van der Waals surface area contributed by atoms with E-state index < -0.39 is 0 Å². The second kappa shape index (κ2) is 6.04. The van der Waals surface area contributed by atoms with Crippen molar-refractivity contribution in [3.8, 4) is 5.69 Å². The molecule has 1 aliphatic heterocycles. The maximum atomic E-state index is 12.8. The van der Waals surface area contributed by atoms with Gasteiger partial charge in [-0.15, -0.1) is 5.10 Å². The Bertz CT molecular complexity index is 874. The average molecular weight is 344 g/mol. The number of hydrogen-bond donors (Lipinski definition) is 1. The van der Waals surface area contributed by atoms with Crippen LogP contribution in [0.2, 0.25) is 5.02 Å². The zero-order valence-electron chi connectivity index (χ0n) is 12.6. The minimum absolute atomic E-state index is 0.0416. The number of hydrogen-bond acceptors (Lipinski definition) is 5. The molecule has 1 unspecified atom stereocenters. The fourth-order valence-corrected chi connectivity index (χ4v) is 3.08. The summed E-state index contributed by atoms with van der Waals surface area (Å²) in [6.45, 7) is 0.710. The number of imidazole rings is 1. The Balaban J connectivity index is 1.58. The Kier molecular flexibility index (Phi) is 3.73. The largest absolute Gasteiger partial charge is 0.347 e. The number of tetrazole rings is 1. The molecule has 3 aromatic rings. The van der Waals surface area contributed by atoms with Crippen LogP contribution in [0.15, 0.2) is 36.9 Å². The van der Waals surface area contributed by atoms with Gasteiger partial charge in [-0.05, 0) is 35.0 Å². The zero-order chi connectivity index (χ0) is 16.5. The number of benzene rings is 1. The number of aryl methyl sites for hydroxylation is 1. The van der Waals surface area contributed by atoms with Crippen LogP contribution in [0.25, 0.3) is 5.69 Å². The lowest BCUT2D eigenvalue weighted by atomic mass is 10.1. The smallest absolute Gasteiger partial charge is 0.253 e. The van der Waals surface area contributed by atoms with Gasteiger partial charge in [-0.1, -0.05) is 11.6 Å². The molecule has 9 heteroatoms. The Hall–Kier alpha value is -2.74. The van der Waals surface area contributed by atoms with Crippen molar-refractivity contribution in [1.82, 2.24) is 35.1 Å². The molecule has 1 N–H and O–H groups in total. The van der Waals surface area contributed by atoms with E-state index in [-0.39, 0.29) is 11.9 Å². The molecule has 3 heterocycles. The number of carbonyl (C=O) groups excluding carboxylic acids is 1. The number of aromatic nitrogens is 6. The van der Waals surface area contributed by atoms with Crippen molar-refractivity contribution in [3.63, 3.8) is 0 Å². The van der Waals surface area contributed by atoms with Gasteiger partial charge in [0.05, 0.1) is 11.3 Å². The number of nitrogens with one attached hydrogen (secondary N) is 1. The van der Waals surface area contributed by atoms with E-state index in [1.165, 1.54) is 11.0 Å². The van der Waals surface area contributed by atoms with Crippen molar-refractivity contribution in [2.45, 2.75) is 25.4 Å². The molecule has 1 aliphatic rings. The van der Waals surface area contributed by atoms with Crippen LogP contribution < -0.4 is 5.32 Å². The predicted molar refractivity (Wildman–Crippen MR) is 86.0 cm³/mol. The van der Waals surface area contributed by atoms with E-state index in [4.69, 9.17) is 11.6 Å². The molecule has 4 rings (SSSR count). The number of fused-ring (bicyclic) bond motifs is 1. The fraction of sp³-hybridized carbons (Fsp3) is 0.267. The highest BCUT2D eigenvalue weighted by atomic mass is 35.5. The maximum Gasteiger partial charge on any atom is 0.253 e. The highest BCUT2D eigenvalue weighted by molar-refractivity contribution is 6.31. The highest BCUT2D eigenvalue weighted by Crippen LogP contribution is 2.20. The summed E-state index contributed by atoms with van der Waals surface area (Å²) in [6, 6.07) is 5.09. The first-order valence-corrected chi connectivity index (χ1v) is 7.92. The van der Waals surface area contributed by atoms with Crippen molar-refractivity contribution in [1.29, 1.82) is 0 Å². The molecule has 0 radical (unpaired) electrons. The molecule has 0 spiro atoms. The molecule has 0 bridgehead atoms. The number of nitrogens with zero attached hydrogens (tertiary/aromatic N) is 6. The minimum atomic E-state index is -0.198. The molecule has 0 saturated carbocycles. The zero-order valence-corrected chi connectivity index (χ0v) is 13.4. The van der Waals surface area contributed by atoms with Crippen LogP contribution in [0.4, 0.5) is 0 Å². The van der Waals surface area contributed by atoms with Gasteiger partial charge in [0.25, 0.3) is 5.91 Å². The van der Waals surface area contributed by atoms with Crippen LogP contribution in [0.5, 0.6) is 0 Å². The molecule has 0 fully saturated rings. The monoisotopic (exact) mass is 343 g/mol. The Labute approximate surface area is 142 Å². The molecule has 1 aromatic carbocycles. The van der Waals surface area contributed by atoms with Crippen LogP contribution in [0.1, 0.15) is 22.6 Å². The summed E-state index contributed by atoms with van der Waals surface area (Å²) in [5.41, 5.74) is 1.02. The molecule has 2 aromatic heterocycles. The molecule has 8 nitrogen and oxygen atoms in total. The summed E-state index contributed by atoms with van der Waals surface area (Å²) in [4.78, 5) is 17.1. The molecule has 24 heavy (non-hydrogen) atoms. The van der Waals surface area contributed by atoms with E-state index in [1.807, 2.05) is 6.20 Å². The molecule has 0 aliphatic carbocycles. The van der Waals surface area contributed by atoms with Crippen molar-refractivity contribution in [2.75, 3.05) is 0 Å². The second-order valence-corrected chi connectivity index (χ2v) is 6.06. The quantitative estimate of drug-likeness (QED) is 0.773. The van der Waals surface area contributed by atoms with Gasteiger partial charge < -0.3 is 9.88 Å². The Morgan fingerprint density at radius 1 is 1.38 bits per heavy atom. The lowest BCUT2D eigenvalue weighted by Crippen LogP contribution is -2.41. The standard InChI is InChI=1S/C15H14ClN7O/c16-10-1-3-13(23-9-18-20-21-23)12(7-10)15(24)19-11-2-4-14-17-5-6-22(14)8-11/h1,3,5-7,9,11H,2,4,8H2,(H,19,24). The van der Waals surface area contributed by atoms with E-state index in [9.17, 15) is 4.79 Å². The second-order valence-electron chi connectivity index (χ2n) is 5.62. The first-order valence-electron chi connectivity index (χ1n) is 7.54. The Morgan fingerprint density at radius 3 is 3.12 bits per heavy atom. The van der Waals surface area contributed by atoms with Crippen molar-refractivity contribution in [2.24, 2.45) is 0 Å². The van der Waals surface area contributed by atoms with Crippen LogP contribution in [-0.4, -0.2) is 41.7 Å². The predicted octanol–water partition coefficient (Wildman–Crippen LogP) is 1.26. The maximum absolute atomic E-state index is 12.8.